The van der Waals surface area contributed by atoms with Gasteiger partial charge in [0.2, 0.25) is 5.91 Å². The molecule has 2 aromatic carbocycles. The maximum atomic E-state index is 12.9. The van der Waals surface area contributed by atoms with Crippen LogP contribution in [0.1, 0.15) is 24.4 Å². The summed E-state index contributed by atoms with van der Waals surface area (Å²) in [5, 5.41) is 0. The Morgan fingerprint density at radius 1 is 1.00 bits per heavy atom. The number of carbonyl (C=O) groups is 1. The van der Waals surface area contributed by atoms with Gasteiger partial charge in [0, 0.05) is 12.2 Å². The highest BCUT2D eigenvalue weighted by molar-refractivity contribution is 6.03. The SMILES string of the molecule is COc1ccc([C@H]2[C@H](CN3CCCC3)C(=O)N2c2ccccc2)cc1. The molecular formula is C21H24N2O2. The Balaban J connectivity index is 1.63. The number of anilines is 1. The fraction of sp³-hybridized carbons (Fsp3) is 0.381. The first-order valence-corrected chi connectivity index (χ1v) is 9.02. The number of para-hydroxylation sites is 1. The zero-order valence-electron chi connectivity index (χ0n) is 14.6. The van der Waals surface area contributed by atoms with Gasteiger partial charge in [-0.15, -0.1) is 0 Å². The molecule has 130 valence electrons. The third-order valence-electron chi connectivity index (χ3n) is 5.36. The molecule has 1 amide bonds. The van der Waals surface area contributed by atoms with Gasteiger partial charge in [-0.3, -0.25) is 4.79 Å². The number of likely N-dealkylation sites (tertiary alicyclic amines) is 1. The van der Waals surface area contributed by atoms with Crippen molar-refractivity contribution in [3.05, 3.63) is 60.2 Å². The third-order valence-corrected chi connectivity index (χ3v) is 5.36. The molecule has 2 fully saturated rings. The first kappa shape index (κ1) is 16.2. The summed E-state index contributed by atoms with van der Waals surface area (Å²) in [6, 6.07) is 18.2. The highest BCUT2D eigenvalue weighted by atomic mass is 16.5. The minimum Gasteiger partial charge on any atom is -0.497 e. The number of β-lactam (4-membered cyclic amide) rings is 1. The van der Waals surface area contributed by atoms with Gasteiger partial charge in [0.25, 0.3) is 0 Å². The van der Waals surface area contributed by atoms with Gasteiger partial charge in [0.1, 0.15) is 5.75 Å². The van der Waals surface area contributed by atoms with Gasteiger partial charge in [0.15, 0.2) is 0 Å². The molecule has 0 N–H and O–H groups in total. The predicted molar refractivity (Wildman–Crippen MR) is 98.8 cm³/mol. The average Bonchev–Trinajstić information content (AvgIpc) is 3.18. The highest BCUT2D eigenvalue weighted by Crippen LogP contribution is 2.44. The number of carbonyl (C=O) groups excluding carboxylic acids is 1. The number of methoxy groups -OCH3 is 1. The van der Waals surface area contributed by atoms with Crippen molar-refractivity contribution in [3.8, 4) is 5.75 Å². The average molecular weight is 336 g/mol. The molecule has 2 aliphatic rings. The van der Waals surface area contributed by atoms with Crippen molar-refractivity contribution in [1.29, 1.82) is 0 Å². The molecule has 4 nitrogen and oxygen atoms in total. The Labute approximate surface area is 149 Å². The lowest BCUT2D eigenvalue weighted by molar-refractivity contribution is -0.131. The van der Waals surface area contributed by atoms with E-state index < -0.39 is 0 Å². The summed E-state index contributed by atoms with van der Waals surface area (Å²) in [6.07, 6.45) is 2.49. The second kappa shape index (κ2) is 6.89. The lowest BCUT2D eigenvalue weighted by Gasteiger charge is -2.48. The fourth-order valence-corrected chi connectivity index (χ4v) is 4.03. The van der Waals surface area contributed by atoms with Crippen LogP contribution in [0.3, 0.4) is 0 Å². The van der Waals surface area contributed by atoms with E-state index in [-0.39, 0.29) is 17.9 Å². The van der Waals surface area contributed by atoms with Crippen molar-refractivity contribution >= 4 is 11.6 Å². The van der Waals surface area contributed by atoms with E-state index >= 15 is 0 Å². The van der Waals surface area contributed by atoms with Gasteiger partial charge in [0.05, 0.1) is 19.1 Å². The smallest absolute Gasteiger partial charge is 0.234 e. The summed E-state index contributed by atoms with van der Waals surface area (Å²) in [6.45, 7) is 3.09. The van der Waals surface area contributed by atoms with Crippen LogP contribution in [-0.2, 0) is 4.79 Å². The molecular weight excluding hydrogens is 312 g/mol. The topological polar surface area (TPSA) is 32.8 Å². The number of rotatable bonds is 5. The molecule has 0 radical (unpaired) electrons. The summed E-state index contributed by atoms with van der Waals surface area (Å²) in [5.41, 5.74) is 2.15. The molecule has 4 heteroatoms. The van der Waals surface area contributed by atoms with Crippen molar-refractivity contribution in [1.82, 2.24) is 4.90 Å². The van der Waals surface area contributed by atoms with Crippen LogP contribution in [0.2, 0.25) is 0 Å². The van der Waals surface area contributed by atoms with Gasteiger partial charge < -0.3 is 14.5 Å². The van der Waals surface area contributed by atoms with Gasteiger partial charge in [-0.25, -0.2) is 0 Å². The molecule has 0 bridgehead atoms. The van der Waals surface area contributed by atoms with Gasteiger partial charge in [-0.1, -0.05) is 30.3 Å². The van der Waals surface area contributed by atoms with Crippen molar-refractivity contribution < 1.29 is 9.53 Å². The van der Waals surface area contributed by atoms with E-state index in [9.17, 15) is 4.79 Å². The summed E-state index contributed by atoms with van der Waals surface area (Å²) >= 11 is 0. The Bertz CT molecular complexity index is 723. The van der Waals surface area contributed by atoms with E-state index in [4.69, 9.17) is 4.74 Å². The second-order valence-electron chi connectivity index (χ2n) is 6.88. The van der Waals surface area contributed by atoms with Crippen molar-refractivity contribution in [2.45, 2.75) is 18.9 Å². The van der Waals surface area contributed by atoms with Crippen LogP contribution in [0.15, 0.2) is 54.6 Å². The zero-order valence-corrected chi connectivity index (χ0v) is 14.6. The Morgan fingerprint density at radius 2 is 1.68 bits per heavy atom. The molecule has 2 saturated heterocycles. The molecule has 0 aliphatic carbocycles. The predicted octanol–water partition coefficient (Wildman–Crippen LogP) is 3.50. The van der Waals surface area contributed by atoms with E-state index in [1.54, 1.807) is 7.11 Å². The molecule has 0 unspecified atom stereocenters. The Kier molecular flexibility index (Phi) is 4.45. The van der Waals surface area contributed by atoms with Crippen LogP contribution < -0.4 is 9.64 Å². The van der Waals surface area contributed by atoms with E-state index in [0.29, 0.717) is 0 Å². The molecule has 0 spiro atoms. The van der Waals surface area contributed by atoms with Crippen molar-refractivity contribution in [2.75, 3.05) is 31.6 Å². The van der Waals surface area contributed by atoms with Crippen LogP contribution >= 0.6 is 0 Å². The number of benzene rings is 2. The lowest BCUT2D eigenvalue weighted by atomic mass is 9.81. The Morgan fingerprint density at radius 3 is 2.32 bits per heavy atom. The summed E-state index contributed by atoms with van der Waals surface area (Å²) in [7, 11) is 1.67. The highest BCUT2D eigenvalue weighted by Gasteiger charge is 2.49. The summed E-state index contributed by atoms with van der Waals surface area (Å²) < 4.78 is 5.28. The van der Waals surface area contributed by atoms with Crippen LogP contribution in [0.4, 0.5) is 5.69 Å². The number of hydrogen-bond acceptors (Lipinski definition) is 3. The maximum Gasteiger partial charge on any atom is 0.234 e. The van der Waals surface area contributed by atoms with Crippen LogP contribution in [0.5, 0.6) is 5.75 Å². The monoisotopic (exact) mass is 336 g/mol. The van der Waals surface area contributed by atoms with Gasteiger partial charge in [-0.05, 0) is 55.8 Å². The molecule has 2 aromatic rings. The first-order valence-electron chi connectivity index (χ1n) is 9.02. The molecule has 25 heavy (non-hydrogen) atoms. The maximum absolute atomic E-state index is 12.9. The molecule has 2 heterocycles. The van der Waals surface area contributed by atoms with E-state index in [0.717, 1.165) is 31.1 Å². The first-order chi connectivity index (χ1) is 12.3. The minimum atomic E-state index is 0.0340. The van der Waals surface area contributed by atoms with Crippen molar-refractivity contribution in [2.24, 2.45) is 5.92 Å². The molecule has 2 atom stereocenters. The fourth-order valence-electron chi connectivity index (χ4n) is 4.03. The number of hydrogen-bond donors (Lipinski definition) is 0. The van der Waals surface area contributed by atoms with Crippen LogP contribution in [-0.4, -0.2) is 37.6 Å². The quantitative estimate of drug-likeness (QED) is 0.784. The summed E-state index contributed by atoms with van der Waals surface area (Å²) in [4.78, 5) is 17.3. The number of amides is 1. The minimum absolute atomic E-state index is 0.0340. The standard InChI is InChI=1S/C21H24N2O2/c1-25-18-11-9-16(10-12-18)20-19(15-22-13-5-6-14-22)21(24)23(20)17-7-3-2-4-8-17/h2-4,7-12,19-20H,5-6,13-15H2,1H3/t19-,20-/m0/s1. The van der Waals surface area contributed by atoms with Crippen molar-refractivity contribution in [3.63, 3.8) is 0 Å². The molecule has 2 aliphatic heterocycles. The number of ether oxygens (including phenoxy) is 1. The Hall–Kier alpha value is -2.33. The lowest BCUT2D eigenvalue weighted by Crippen LogP contribution is -2.58. The van der Waals surface area contributed by atoms with E-state index in [1.807, 2.05) is 47.4 Å². The van der Waals surface area contributed by atoms with Crippen LogP contribution in [0, 0.1) is 5.92 Å². The molecule has 0 aromatic heterocycles. The second-order valence-corrected chi connectivity index (χ2v) is 6.88. The molecule has 0 saturated carbocycles. The molecule has 4 rings (SSSR count). The largest absolute Gasteiger partial charge is 0.497 e. The van der Waals surface area contributed by atoms with Gasteiger partial charge >= 0.3 is 0 Å². The number of nitrogens with zero attached hydrogens (tertiary/aromatic N) is 2. The van der Waals surface area contributed by atoms with Gasteiger partial charge in [-0.2, -0.15) is 0 Å². The van der Waals surface area contributed by atoms with Crippen LogP contribution in [0.25, 0.3) is 0 Å². The van der Waals surface area contributed by atoms with E-state index in [1.165, 1.54) is 18.4 Å². The third kappa shape index (κ3) is 3.02. The summed E-state index contributed by atoms with van der Waals surface area (Å²) in [5.74, 6) is 1.11. The normalized spacial score (nSPS) is 23.6. The zero-order chi connectivity index (χ0) is 17.2. The van der Waals surface area contributed by atoms with E-state index in [2.05, 4.69) is 17.0 Å².